The summed E-state index contributed by atoms with van der Waals surface area (Å²) in [6.07, 6.45) is 2.72. The Morgan fingerprint density at radius 1 is 1.21 bits per heavy atom. The first-order valence-electron chi connectivity index (χ1n) is 6.73. The largest absolute Gasteiger partial charge is 0.396 e. The van der Waals surface area contributed by atoms with E-state index >= 15 is 0 Å². The Morgan fingerprint density at radius 2 is 1.95 bits per heavy atom. The maximum atomic E-state index is 11.5. The van der Waals surface area contributed by atoms with Crippen molar-refractivity contribution in [2.24, 2.45) is 0 Å². The first kappa shape index (κ1) is 16.1. The van der Waals surface area contributed by atoms with E-state index in [1.807, 2.05) is 0 Å². The molecule has 1 rings (SSSR count). The van der Waals surface area contributed by atoms with E-state index in [9.17, 15) is 4.79 Å². The van der Waals surface area contributed by atoms with Crippen molar-refractivity contribution in [3.63, 3.8) is 0 Å². The van der Waals surface area contributed by atoms with Gasteiger partial charge in [-0.25, -0.2) is 0 Å². The van der Waals surface area contributed by atoms with Gasteiger partial charge in [0.15, 0.2) is 0 Å². The molecule has 3 nitrogen and oxygen atoms in total. The van der Waals surface area contributed by atoms with E-state index in [4.69, 9.17) is 5.11 Å². The number of hydrogen-bond acceptors (Lipinski definition) is 3. The van der Waals surface area contributed by atoms with Crippen molar-refractivity contribution in [2.75, 3.05) is 18.9 Å². The van der Waals surface area contributed by atoms with Gasteiger partial charge in [0, 0.05) is 18.9 Å². The predicted octanol–water partition coefficient (Wildman–Crippen LogP) is 2.51. The van der Waals surface area contributed by atoms with Gasteiger partial charge in [0.2, 0.25) is 5.91 Å². The fraction of sp³-hybridized carbons (Fsp3) is 0.533. The van der Waals surface area contributed by atoms with E-state index < -0.39 is 0 Å². The number of aryl methyl sites for hydroxylation is 1. The lowest BCUT2D eigenvalue weighted by Gasteiger charge is -2.05. The topological polar surface area (TPSA) is 49.3 Å². The van der Waals surface area contributed by atoms with Gasteiger partial charge in [-0.3, -0.25) is 4.79 Å². The summed E-state index contributed by atoms with van der Waals surface area (Å²) in [6, 6.07) is 8.40. The Morgan fingerprint density at radius 3 is 2.63 bits per heavy atom. The molecule has 1 aromatic rings. The molecule has 0 aliphatic rings. The smallest absolute Gasteiger partial charge is 0.230 e. The molecule has 0 heterocycles. The van der Waals surface area contributed by atoms with Crippen molar-refractivity contribution >= 4 is 17.7 Å². The molecule has 1 amide bonds. The minimum absolute atomic E-state index is 0.0983. The van der Waals surface area contributed by atoms with Crippen molar-refractivity contribution in [1.29, 1.82) is 0 Å². The summed E-state index contributed by atoms with van der Waals surface area (Å²) in [5.74, 6) is 1.48. The molecule has 0 unspecified atom stereocenters. The summed E-state index contributed by atoms with van der Waals surface area (Å²) < 4.78 is 0. The van der Waals surface area contributed by atoms with Crippen LogP contribution in [-0.2, 0) is 10.5 Å². The third kappa shape index (κ3) is 7.90. The molecule has 0 atom stereocenters. The first-order chi connectivity index (χ1) is 9.22. The molecule has 106 valence electrons. The first-order valence-corrected chi connectivity index (χ1v) is 7.88. The van der Waals surface area contributed by atoms with Crippen molar-refractivity contribution in [1.82, 2.24) is 5.32 Å². The number of amides is 1. The molecule has 2 N–H and O–H groups in total. The predicted molar refractivity (Wildman–Crippen MR) is 81.3 cm³/mol. The van der Waals surface area contributed by atoms with Gasteiger partial charge in [-0.05, 0) is 31.7 Å². The lowest BCUT2D eigenvalue weighted by Crippen LogP contribution is -2.26. The molecule has 0 saturated carbocycles. The van der Waals surface area contributed by atoms with Crippen LogP contribution in [0.15, 0.2) is 24.3 Å². The summed E-state index contributed by atoms with van der Waals surface area (Å²) in [5.41, 5.74) is 2.51. The number of rotatable bonds is 9. The summed E-state index contributed by atoms with van der Waals surface area (Å²) in [5, 5.41) is 11.5. The van der Waals surface area contributed by atoms with Gasteiger partial charge in [0.1, 0.15) is 0 Å². The van der Waals surface area contributed by atoms with E-state index in [-0.39, 0.29) is 12.5 Å². The fourth-order valence-electron chi connectivity index (χ4n) is 1.64. The zero-order valence-electron chi connectivity index (χ0n) is 11.5. The maximum absolute atomic E-state index is 11.5. The van der Waals surface area contributed by atoms with Gasteiger partial charge < -0.3 is 10.4 Å². The van der Waals surface area contributed by atoms with Crippen LogP contribution in [0.1, 0.15) is 30.4 Å². The van der Waals surface area contributed by atoms with Gasteiger partial charge in [-0.15, -0.1) is 11.8 Å². The van der Waals surface area contributed by atoms with E-state index in [1.54, 1.807) is 11.8 Å². The number of hydrogen-bond donors (Lipinski definition) is 2. The quantitative estimate of drug-likeness (QED) is 0.684. The van der Waals surface area contributed by atoms with Crippen LogP contribution in [0.4, 0.5) is 0 Å². The van der Waals surface area contributed by atoms with Crippen LogP contribution in [0.2, 0.25) is 0 Å². The number of aliphatic hydroxyl groups excluding tert-OH is 1. The van der Waals surface area contributed by atoms with Gasteiger partial charge in [0.05, 0.1) is 5.75 Å². The van der Waals surface area contributed by atoms with Crippen LogP contribution in [-0.4, -0.2) is 29.9 Å². The monoisotopic (exact) mass is 281 g/mol. The molecule has 0 saturated heterocycles. The second-order valence-electron chi connectivity index (χ2n) is 4.61. The minimum atomic E-state index is 0.0983. The SMILES string of the molecule is Cc1ccc(CSCC(=O)NCCCCCO)cc1. The van der Waals surface area contributed by atoms with Crippen molar-refractivity contribution < 1.29 is 9.90 Å². The molecular weight excluding hydrogens is 258 g/mol. The highest BCUT2D eigenvalue weighted by Crippen LogP contribution is 2.12. The van der Waals surface area contributed by atoms with E-state index in [0.717, 1.165) is 25.0 Å². The molecule has 0 bridgehead atoms. The number of carbonyl (C=O) groups is 1. The highest BCUT2D eigenvalue weighted by Gasteiger charge is 2.01. The van der Waals surface area contributed by atoms with Crippen LogP contribution in [0, 0.1) is 6.92 Å². The number of nitrogens with one attached hydrogen (secondary N) is 1. The second-order valence-corrected chi connectivity index (χ2v) is 5.60. The number of aliphatic hydroxyl groups is 1. The van der Waals surface area contributed by atoms with Gasteiger partial charge in [0.25, 0.3) is 0 Å². The third-order valence-electron chi connectivity index (χ3n) is 2.78. The minimum Gasteiger partial charge on any atom is -0.396 e. The van der Waals surface area contributed by atoms with Crippen LogP contribution in [0.3, 0.4) is 0 Å². The van der Waals surface area contributed by atoms with Crippen molar-refractivity contribution in [2.45, 2.75) is 31.9 Å². The standard InChI is InChI=1S/C15H23NO2S/c1-13-5-7-14(8-6-13)11-19-12-15(18)16-9-3-2-4-10-17/h5-8,17H,2-4,9-12H2,1H3,(H,16,18). The average Bonchev–Trinajstić information content (AvgIpc) is 2.41. The lowest BCUT2D eigenvalue weighted by molar-refractivity contribution is -0.118. The molecule has 4 heteroatoms. The zero-order valence-corrected chi connectivity index (χ0v) is 12.3. The molecule has 0 spiro atoms. The Balaban J connectivity index is 2.05. The van der Waals surface area contributed by atoms with Crippen LogP contribution in [0.5, 0.6) is 0 Å². The maximum Gasteiger partial charge on any atom is 0.230 e. The molecule has 0 aliphatic carbocycles. The molecule has 0 aliphatic heterocycles. The Labute approximate surface area is 119 Å². The summed E-state index contributed by atoms with van der Waals surface area (Å²) in [6.45, 7) is 3.02. The average molecular weight is 281 g/mol. The molecule has 19 heavy (non-hydrogen) atoms. The fourth-order valence-corrected chi connectivity index (χ4v) is 2.46. The Hall–Kier alpha value is -1.00. The molecular formula is C15H23NO2S. The van der Waals surface area contributed by atoms with E-state index in [0.29, 0.717) is 12.3 Å². The van der Waals surface area contributed by atoms with Gasteiger partial charge >= 0.3 is 0 Å². The second kappa shape index (κ2) is 9.87. The zero-order chi connectivity index (χ0) is 13.9. The summed E-state index contributed by atoms with van der Waals surface area (Å²) in [7, 11) is 0. The molecule has 0 radical (unpaired) electrons. The third-order valence-corrected chi connectivity index (χ3v) is 3.78. The normalized spacial score (nSPS) is 10.4. The van der Waals surface area contributed by atoms with Crippen LogP contribution in [0.25, 0.3) is 0 Å². The van der Waals surface area contributed by atoms with E-state index in [2.05, 4.69) is 36.5 Å². The van der Waals surface area contributed by atoms with Crippen molar-refractivity contribution in [3.8, 4) is 0 Å². The summed E-state index contributed by atoms with van der Waals surface area (Å²) >= 11 is 1.64. The highest BCUT2D eigenvalue weighted by atomic mass is 32.2. The molecule has 0 fully saturated rings. The van der Waals surface area contributed by atoms with Gasteiger partial charge in [-0.2, -0.15) is 0 Å². The Kier molecular flexibility index (Phi) is 8.34. The summed E-state index contributed by atoms with van der Waals surface area (Å²) in [4.78, 5) is 11.5. The number of thioether (sulfide) groups is 1. The van der Waals surface area contributed by atoms with Crippen molar-refractivity contribution in [3.05, 3.63) is 35.4 Å². The Bertz CT molecular complexity index is 365. The lowest BCUT2D eigenvalue weighted by atomic mass is 10.2. The number of benzene rings is 1. The molecule has 0 aromatic heterocycles. The van der Waals surface area contributed by atoms with Crippen LogP contribution < -0.4 is 5.32 Å². The number of carbonyl (C=O) groups excluding carboxylic acids is 1. The molecule has 1 aromatic carbocycles. The van der Waals surface area contributed by atoms with Crippen LogP contribution >= 0.6 is 11.8 Å². The highest BCUT2D eigenvalue weighted by molar-refractivity contribution is 7.99. The van der Waals surface area contributed by atoms with E-state index in [1.165, 1.54) is 11.1 Å². The number of unbranched alkanes of at least 4 members (excludes halogenated alkanes) is 2. The van der Waals surface area contributed by atoms with Gasteiger partial charge in [-0.1, -0.05) is 29.8 Å².